The summed E-state index contributed by atoms with van der Waals surface area (Å²) in [5, 5.41) is 8.86. The van der Waals surface area contributed by atoms with Gasteiger partial charge in [-0.3, -0.25) is 0 Å². The van der Waals surface area contributed by atoms with Gasteiger partial charge >= 0.3 is 88.9 Å². The molecule has 0 aliphatic carbocycles. The molecule has 1 N–H and O–H groups in total. The molecule has 1 aromatic rings. The van der Waals surface area contributed by atoms with Crippen LogP contribution in [0.15, 0.2) is 30.3 Å². The monoisotopic (exact) mass is 260 g/mol. The Balaban J connectivity index is 2.24. The van der Waals surface area contributed by atoms with Gasteiger partial charge in [0.15, 0.2) is 0 Å². The van der Waals surface area contributed by atoms with Crippen LogP contribution in [-0.2, 0) is 9.53 Å². The topological polar surface area (TPSA) is 46.5 Å². The second kappa shape index (κ2) is 6.60. The Bertz CT molecular complexity index is 274. The van der Waals surface area contributed by atoms with Crippen molar-refractivity contribution in [2.24, 2.45) is 0 Å². The average molecular weight is 259 g/mol. The van der Waals surface area contributed by atoms with Gasteiger partial charge in [0, 0.05) is 0 Å². The van der Waals surface area contributed by atoms with Crippen molar-refractivity contribution in [2.75, 3.05) is 13.2 Å². The van der Waals surface area contributed by atoms with Gasteiger partial charge in [0.2, 0.25) is 0 Å². The van der Waals surface area contributed by atoms with Crippen molar-refractivity contribution in [3.63, 3.8) is 0 Å². The third kappa shape index (κ3) is 4.42. The molecular formula is C10H12O3Se. The van der Waals surface area contributed by atoms with Gasteiger partial charge in [0.1, 0.15) is 0 Å². The maximum absolute atomic E-state index is 11.1. The predicted molar refractivity (Wildman–Crippen MR) is 54.7 cm³/mol. The van der Waals surface area contributed by atoms with Crippen molar-refractivity contribution in [3.05, 3.63) is 30.3 Å². The van der Waals surface area contributed by atoms with Crippen LogP contribution in [0.2, 0.25) is 5.32 Å². The fourth-order valence-corrected chi connectivity index (χ4v) is 2.37. The number of hydrogen-bond acceptors (Lipinski definition) is 3. The summed E-state index contributed by atoms with van der Waals surface area (Å²) in [7, 11) is 0. The van der Waals surface area contributed by atoms with Crippen molar-refractivity contribution in [1.82, 2.24) is 0 Å². The summed E-state index contributed by atoms with van der Waals surface area (Å²) >= 11 is 0.133. The number of carbonyl (C=O) groups is 1. The van der Waals surface area contributed by atoms with E-state index >= 15 is 0 Å². The fourth-order valence-electron chi connectivity index (χ4n) is 0.860. The summed E-state index contributed by atoms with van der Waals surface area (Å²) in [6.45, 7) is -0.00617. The van der Waals surface area contributed by atoms with Crippen LogP contribution in [0.25, 0.3) is 0 Å². The molecule has 0 radical (unpaired) electrons. The van der Waals surface area contributed by atoms with E-state index in [0.29, 0.717) is 5.32 Å². The summed E-state index contributed by atoms with van der Waals surface area (Å²) in [6.07, 6.45) is 0. The Kier molecular flexibility index (Phi) is 5.30. The molecule has 1 aromatic carbocycles. The number of rotatable bonds is 5. The summed E-state index contributed by atoms with van der Waals surface area (Å²) in [4.78, 5) is 11.1. The van der Waals surface area contributed by atoms with Crippen LogP contribution in [-0.4, -0.2) is 39.2 Å². The molecule has 0 bridgehead atoms. The van der Waals surface area contributed by atoms with Crippen LogP contribution < -0.4 is 4.46 Å². The van der Waals surface area contributed by atoms with E-state index < -0.39 is 0 Å². The second-order valence-corrected chi connectivity index (χ2v) is 4.75. The summed E-state index contributed by atoms with van der Waals surface area (Å²) in [5.74, 6) is -0.233. The first kappa shape index (κ1) is 11.2. The van der Waals surface area contributed by atoms with Gasteiger partial charge in [0.05, 0.1) is 0 Å². The van der Waals surface area contributed by atoms with E-state index in [-0.39, 0.29) is 34.1 Å². The minimum atomic E-state index is -0.233. The Morgan fingerprint density at radius 1 is 1.36 bits per heavy atom. The number of benzene rings is 1. The number of aliphatic hydroxyl groups is 1. The number of aliphatic hydroxyl groups excluding tert-OH is 1. The maximum atomic E-state index is 11.1. The van der Waals surface area contributed by atoms with Crippen LogP contribution in [0.4, 0.5) is 0 Å². The molecule has 0 heterocycles. The zero-order chi connectivity index (χ0) is 10.2. The van der Waals surface area contributed by atoms with E-state index in [4.69, 9.17) is 9.84 Å². The van der Waals surface area contributed by atoms with E-state index in [9.17, 15) is 4.79 Å². The van der Waals surface area contributed by atoms with Crippen LogP contribution in [0, 0.1) is 0 Å². The third-order valence-electron chi connectivity index (χ3n) is 1.45. The van der Waals surface area contributed by atoms with Gasteiger partial charge in [-0.15, -0.1) is 0 Å². The zero-order valence-corrected chi connectivity index (χ0v) is 9.39. The molecule has 4 heteroatoms. The van der Waals surface area contributed by atoms with Crippen LogP contribution in [0.1, 0.15) is 0 Å². The second-order valence-electron chi connectivity index (χ2n) is 2.55. The summed E-state index contributed by atoms with van der Waals surface area (Å²) in [5.41, 5.74) is 0. The fraction of sp³-hybridized carbons (Fsp3) is 0.300. The molecule has 0 fully saturated rings. The van der Waals surface area contributed by atoms with E-state index in [1.807, 2.05) is 30.3 Å². The Labute approximate surface area is 89.2 Å². The summed E-state index contributed by atoms with van der Waals surface area (Å²) < 4.78 is 5.92. The van der Waals surface area contributed by atoms with E-state index in [1.54, 1.807) is 0 Å². The van der Waals surface area contributed by atoms with Crippen molar-refractivity contribution in [2.45, 2.75) is 5.32 Å². The van der Waals surface area contributed by atoms with Crippen molar-refractivity contribution < 1.29 is 14.6 Å². The van der Waals surface area contributed by atoms with E-state index in [0.717, 1.165) is 0 Å². The minimum absolute atomic E-state index is 0.101. The van der Waals surface area contributed by atoms with Gasteiger partial charge in [-0.05, 0) is 0 Å². The van der Waals surface area contributed by atoms with Crippen LogP contribution in [0.5, 0.6) is 0 Å². The molecule has 0 aliphatic heterocycles. The number of esters is 1. The molecule has 0 aliphatic rings. The Hall–Kier alpha value is -0.831. The Morgan fingerprint density at radius 2 is 2.07 bits per heavy atom. The number of hydrogen-bond donors (Lipinski definition) is 1. The quantitative estimate of drug-likeness (QED) is 0.596. The van der Waals surface area contributed by atoms with Gasteiger partial charge < -0.3 is 0 Å². The van der Waals surface area contributed by atoms with E-state index in [2.05, 4.69) is 0 Å². The first-order chi connectivity index (χ1) is 6.83. The van der Waals surface area contributed by atoms with Crippen molar-refractivity contribution in [3.8, 4) is 0 Å². The number of carbonyl (C=O) groups excluding carboxylic acids is 1. The van der Waals surface area contributed by atoms with Gasteiger partial charge in [-0.1, -0.05) is 0 Å². The molecule has 0 unspecified atom stereocenters. The van der Waals surface area contributed by atoms with Crippen LogP contribution >= 0.6 is 0 Å². The molecule has 3 nitrogen and oxygen atoms in total. The summed E-state index contributed by atoms with van der Waals surface area (Å²) in [6, 6.07) is 9.86. The molecule has 1 rings (SSSR count). The first-order valence-electron chi connectivity index (χ1n) is 4.27. The molecule has 0 saturated heterocycles. The van der Waals surface area contributed by atoms with E-state index in [1.165, 1.54) is 4.46 Å². The van der Waals surface area contributed by atoms with Gasteiger partial charge in [0.25, 0.3) is 0 Å². The van der Waals surface area contributed by atoms with Gasteiger partial charge in [-0.2, -0.15) is 0 Å². The third-order valence-corrected chi connectivity index (χ3v) is 3.52. The number of ether oxygens (including phenoxy) is 1. The SMILES string of the molecule is O=C(C[Se]c1ccccc1)OCCO. The Morgan fingerprint density at radius 3 is 2.71 bits per heavy atom. The average Bonchev–Trinajstić information content (AvgIpc) is 2.25. The molecule has 0 spiro atoms. The molecule has 0 amide bonds. The first-order valence-corrected chi connectivity index (χ1v) is 6.34. The molecule has 76 valence electrons. The molecule has 14 heavy (non-hydrogen) atoms. The predicted octanol–water partition coefficient (Wildman–Crippen LogP) is -0.0301. The molecule has 0 aromatic heterocycles. The standard InChI is InChI=1S/C10H12O3Se/c11-6-7-13-10(12)8-14-9-4-2-1-3-5-9/h1-5,11H,6-8H2. The van der Waals surface area contributed by atoms with Crippen LogP contribution in [0.3, 0.4) is 0 Å². The normalized spacial score (nSPS) is 9.79. The molecule has 0 atom stereocenters. The van der Waals surface area contributed by atoms with Crippen molar-refractivity contribution in [1.29, 1.82) is 0 Å². The molecule has 0 saturated carbocycles. The van der Waals surface area contributed by atoms with Crippen molar-refractivity contribution >= 4 is 25.4 Å². The van der Waals surface area contributed by atoms with Gasteiger partial charge in [-0.25, -0.2) is 0 Å². The zero-order valence-electron chi connectivity index (χ0n) is 7.68. The molecular weight excluding hydrogens is 247 g/mol.